The number of nitrogen functional groups attached to an aromatic ring is 1. The Morgan fingerprint density at radius 3 is 2.62 bits per heavy atom. The van der Waals surface area contributed by atoms with Crippen molar-refractivity contribution in [3.8, 4) is 39.6 Å². The Morgan fingerprint density at radius 1 is 1.07 bits per heavy atom. The van der Waals surface area contributed by atoms with Crippen LogP contribution in [-0.2, 0) is 6.54 Å². The van der Waals surface area contributed by atoms with E-state index >= 15 is 0 Å². The Labute approximate surface area is 168 Å². The van der Waals surface area contributed by atoms with Crippen molar-refractivity contribution in [2.45, 2.75) is 13.5 Å². The summed E-state index contributed by atoms with van der Waals surface area (Å²) < 4.78 is 12.8. The largest absolute Gasteiger partial charge is 0.504 e. The first-order valence-electron chi connectivity index (χ1n) is 9.23. The molecule has 0 aliphatic carbocycles. The van der Waals surface area contributed by atoms with Gasteiger partial charge in [-0.3, -0.25) is 0 Å². The van der Waals surface area contributed by atoms with Crippen LogP contribution in [-0.4, -0.2) is 33.9 Å². The van der Waals surface area contributed by atoms with Crippen LogP contribution in [0.2, 0.25) is 0 Å². The second-order valence-corrected chi connectivity index (χ2v) is 6.56. The lowest BCUT2D eigenvalue weighted by molar-refractivity contribution is 0.334. The molecule has 29 heavy (non-hydrogen) atoms. The zero-order chi connectivity index (χ0) is 20.5. The number of hydrogen-bond donors (Lipinski definition) is 2. The maximum atomic E-state index is 10.8. The van der Waals surface area contributed by atoms with E-state index in [1.807, 2.05) is 6.07 Å². The van der Waals surface area contributed by atoms with Gasteiger partial charge >= 0.3 is 0 Å². The highest BCUT2D eigenvalue weighted by atomic mass is 16.5. The molecule has 3 N–H and O–H groups in total. The molecule has 148 valence electrons. The van der Waals surface area contributed by atoms with Gasteiger partial charge in [-0.25, -0.2) is 9.97 Å². The highest BCUT2D eigenvalue weighted by Crippen LogP contribution is 2.45. The molecule has 0 aliphatic heterocycles. The lowest BCUT2D eigenvalue weighted by Gasteiger charge is -2.15. The molecule has 2 aromatic heterocycles. The number of benzene rings is 2. The molecule has 0 spiro atoms. The van der Waals surface area contributed by atoms with E-state index < -0.39 is 0 Å². The molecule has 0 unspecified atom stereocenters. The second-order valence-electron chi connectivity index (χ2n) is 6.56. The van der Waals surface area contributed by atoms with Crippen LogP contribution >= 0.6 is 0 Å². The molecule has 4 rings (SSSR count). The Hall–Kier alpha value is -3.74. The average Bonchev–Trinajstić information content (AvgIpc) is 3.15. The Morgan fingerprint density at radius 2 is 1.90 bits per heavy atom. The van der Waals surface area contributed by atoms with Crippen molar-refractivity contribution in [2.24, 2.45) is 0 Å². The first kappa shape index (κ1) is 18.6. The fraction of sp³-hybridized carbons (Fsp3) is 0.182. The van der Waals surface area contributed by atoms with Gasteiger partial charge in [0.2, 0.25) is 11.7 Å². The van der Waals surface area contributed by atoms with E-state index in [-0.39, 0.29) is 17.4 Å². The van der Waals surface area contributed by atoms with Gasteiger partial charge < -0.3 is 24.9 Å². The highest BCUT2D eigenvalue weighted by Gasteiger charge is 2.20. The predicted octanol–water partition coefficient (Wildman–Crippen LogP) is 4.09. The minimum atomic E-state index is -0.0654. The number of phenolic OH excluding ortho intramolecular Hbond substituents is 1. The third kappa shape index (κ3) is 3.10. The molecule has 7 nitrogen and oxygen atoms in total. The number of phenols is 1. The first-order chi connectivity index (χ1) is 14.1. The molecule has 0 atom stereocenters. The summed E-state index contributed by atoms with van der Waals surface area (Å²) in [6.07, 6.45) is 3.74. The van der Waals surface area contributed by atoms with Crippen LogP contribution in [0.15, 0.2) is 48.8 Å². The Kier molecular flexibility index (Phi) is 4.72. The van der Waals surface area contributed by atoms with E-state index in [2.05, 4.69) is 45.9 Å². The molecular weight excluding hydrogens is 368 g/mol. The van der Waals surface area contributed by atoms with Gasteiger partial charge in [-0.15, -0.1) is 0 Å². The zero-order valence-electron chi connectivity index (χ0n) is 16.5. The number of aryl methyl sites for hydroxylation is 1. The van der Waals surface area contributed by atoms with Crippen molar-refractivity contribution < 1.29 is 14.6 Å². The number of methoxy groups -OCH3 is 2. The molecule has 0 radical (unpaired) electrons. The third-order valence-electron chi connectivity index (χ3n) is 5.00. The maximum absolute atomic E-state index is 10.8. The summed E-state index contributed by atoms with van der Waals surface area (Å²) in [5.74, 6) is 0.726. The fourth-order valence-electron chi connectivity index (χ4n) is 3.56. The minimum Gasteiger partial charge on any atom is -0.504 e. The summed E-state index contributed by atoms with van der Waals surface area (Å²) in [5.41, 5.74) is 9.71. The Balaban J connectivity index is 1.92. The van der Waals surface area contributed by atoms with Gasteiger partial charge in [0.15, 0.2) is 11.5 Å². The lowest BCUT2D eigenvalue weighted by atomic mass is 9.98. The van der Waals surface area contributed by atoms with Crippen molar-refractivity contribution in [3.05, 3.63) is 48.8 Å². The number of anilines is 1. The number of ether oxygens (including phenoxy) is 2. The number of hydrogen-bond acceptors (Lipinski definition) is 6. The van der Waals surface area contributed by atoms with Crippen molar-refractivity contribution in [2.75, 3.05) is 20.0 Å². The van der Waals surface area contributed by atoms with Gasteiger partial charge in [0.1, 0.15) is 0 Å². The summed E-state index contributed by atoms with van der Waals surface area (Å²) in [7, 11) is 2.99. The van der Waals surface area contributed by atoms with Gasteiger partial charge in [-0.05, 0) is 42.8 Å². The molecule has 2 heterocycles. The maximum Gasteiger partial charge on any atom is 0.220 e. The predicted molar refractivity (Wildman–Crippen MR) is 113 cm³/mol. The summed E-state index contributed by atoms with van der Waals surface area (Å²) in [4.78, 5) is 8.59. The van der Waals surface area contributed by atoms with E-state index in [1.165, 1.54) is 14.2 Å². The summed E-state index contributed by atoms with van der Waals surface area (Å²) in [6.45, 7) is 3.01. The number of nitrogens with two attached hydrogens (primary N) is 1. The molecular formula is C22H22N4O3. The van der Waals surface area contributed by atoms with E-state index in [4.69, 9.17) is 15.2 Å². The van der Waals surface area contributed by atoms with Crippen molar-refractivity contribution in [1.82, 2.24) is 14.5 Å². The van der Waals surface area contributed by atoms with Crippen LogP contribution in [0.4, 0.5) is 5.95 Å². The zero-order valence-corrected chi connectivity index (χ0v) is 16.5. The monoisotopic (exact) mass is 390 g/mol. The summed E-state index contributed by atoms with van der Waals surface area (Å²) in [6, 6.07) is 11.7. The highest BCUT2D eigenvalue weighted by molar-refractivity contribution is 5.90. The van der Waals surface area contributed by atoms with Crippen LogP contribution in [0.1, 0.15) is 6.92 Å². The van der Waals surface area contributed by atoms with Gasteiger partial charge in [-0.1, -0.05) is 6.07 Å². The molecule has 0 fully saturated rings. The molecule has 0 bridgehead atoms. The molecule has 7 heteroatoms. The van der Waals surface area contributed by atoms with Gasteiger partial charge in [-0.2, -0.15) is 0 Å². The summed E-state index contributed by atoms with van der Waals surface area (Å²) in [5, 5.41) is 11.9. The number of aromatic nitrogens is 3. The van der Waals surface area contributed by atoms with E-state index in [1.54, 1.807) is 18.3 Å². The normalized spacial score (nSPS) is 11.0. The average molecular weight is 390 g/mol. The number of fused-ring (bicyclic) bond motifs is 1. The number of nitrogens with zero attached hydrogens (tertiary/aromatic N) is 3. The molecule has 0 saturated heterocycles. The quantitative estimate of drug-likeness (QED) is 0.533. The van der Waals surface area contributed by atoms with Crippen LogP contribution in [0.25, 0.3) is 33.3 Å². The van der Waals surface area contributed by atoms with Crippen LogP contribution in [0, 0.1) is 0 Å². The van der Waals surface area contributed by atoms with Gasteiger partial charge in [0.05, 0.1) is 19.9 Å². The molecule has 0 aliphatic rings. The lowest BCUT2D eigenvalue weighted by Crippen LogP contribution is -2.00. The number of aromatic hydroxyl groups is 1. The van der Waals surface area contributed by atoms with Gasteiger partial charge in [0, 0.05) is 41.0 Å². The van der Waals surface area contributed by atoms with Gasteiger partial charge in [0.25, 0.3) is 0 Å². The van der Waals surface area contributed by atoms with E-state index in [9.17, 15) is 5.11 Å². The third-order valence-corrected chi connectivity index (χ3v) is 5.00. The van der Waals surface area contributed by atoms with E-state index in [0.717, 1.165) is 28.6 Å². The van der Waals surface area contributed by atoms with Crippen molar-refractivity contribution in [1.29, 1.82) is 0 Å². The van der Waals surface area contributed by atoms with Crippen LogP contribution in [0.5, 0.6) is 17.2 Å². The molecule has 0 amide bonds. The second kappa shape index (κ2) is 7.35. The van der Waals surface area contributed by atoms with Crippen LogP contribution in [0.3, 0.4) is 0 Å². The summed E-state index contributed by atoms with van der Waals surface area (Å²) >= 11 is 0. The molecule has 4 aromatic rings. The fourth-order valence-corrected chi connectivity index (χ4v) is 3.56. The van der Waals surface area contributed by atoms with E-state index in [0.29, 0.717) is 17.0 Å². The SMILES string of the molecule is CCn1ccc2cc(-c3cnc(N)nc3-c3ccc(OC)c(OC)c3O)ccc21. The number of rotatable bonds is 5. The first-order valence-corrected chi connectivity index (χ1v) is 9.23. The topological polar surface area (TPSA) is 95.4 Å². The molecule has 0 saturated carbocycles. The minimum absolute atomic E-state index is 0.0654. The van der Waals surface area contributed by atoms with Crippen LogP contribution < -0.4 is 15.2 Å². The standard InChI is InChI=1S/C22H22N4O3/c1-4-26-10-9-14-11-13(5-7-17(14)26)16-12-24-22(23)25-19(16)15-6-8-18(28-2)21(29-3)20(15)27/h5-12,27H,4H2,1-3H3,(H2,23,24,25). The van der Waals surface area contributed by atoms with Crippen molar-refractivity contribution in [3.63, 3.8) is 0 Å². The smallest absolute Gasteiger partial charge is 0.220 e. The molecule has 2 aromatic carbocycles. The Bertz CT molecular complexity index is 1200. The van der Waals surface area contributed by atoms with Crippen molar-refractivity contribution >= 4 is 16.9 Å².